The summed E-state index contributed by atoms with van der Waals surface area (Å²) in [5, 5.41) is 2.93. The van der Waals surface area contributed by atoms with Crippen molar-refractivity contribution in [1.82, 2.24) is 5.32 Å². The summed E-state index contributed by atoms with van der Waals surface area (Å²) >= 11 is 0. The third-order valence-electron chi connectivity index (χ3n) is 4.71. The molecule has 3 aromatic rings. The monoisotopic (exact) mass is 408 g/mol. The highest BCUT2D eigenvalue weighted by atomic mass is 32.2. The molecule has 0 saturated carbocycles. The van der Waals surface area contributed by atoms with E-state index >= 15 is 0 Å². The van der Waals surface area contributed by atoms with Crippen LogP contribution in [0.1, 0.15) is 40.0 Å². The first-order chi connectivity index (χ1) is 13.8. The predicted octanol–water partition coefficient (Wildman–Crippen LogP) is 4.60. The van der Waals surface area contributed by atoms with E-state index in [0.29, 0.717) is 5.69 Å². The van der Waals surface area contributed by atoms with Gasteiger partial charge in [-0.05, 0) is 62.2 Å². The fourth-order valence-corrected chi connectivity index (χ4v) is 4.17. The first-order valence-corrected chi connectivity index (χ1v) is 10.8. The van der Waals surface area contributed by atoms with Gasteiger partial charge in [0.25, 0.3) is 15.9 Å². The van der Waals surface area contributed by atoms with Crippen LogP contribution in [0.15, 0.2) is 77.7 Å². The summed E-state index contributed by atoms with van der Waals surface area (Å²) in [6.45, 7) is 5.82. The second-order valence-corrected chi connectivity index (χ2v) is 8.73. The van der Waals surface area contributed by atoms with Crippen molar-refractivity contribution in [1.29, 1.82) is 0 Å². The molecule has 1 unspecified atom stereocenters. The van der Waals surface area contributed by atoms with Crippen molar-refractivity contribution < 1.29 is 13.2 Å². The Kier molecular flexibility index (Phi) is 6.03. The van der Waals surface area contributed by atoms with Gasteiger partial charge in [0, 0.05) is 11.3 Å². The van der Waals surface area contributed by atoms with E-state index in [2.05, 4.69) is 10.0 Å². The molecule has 29 heavy (non-hydrogen) atoms. The zero-order valence-electron chi connectivity index (χ0n) is 16.6. The van der Waals surface area contributed by atoms with Crippen LogP contribution in [-0.4, -0.2) is 14.3 Å². The van der Waals surface area contributed by atoms with Crippen LogP contribution in [0, 0.1) is 13.8 Å². The fourth-order valence-electron chi connectivity index (χ4n) is 3.07. The van der Waals surface area contributed by atoms with E-state index in [-0.39, 0.29) is 22.4 Å². The zero-order valence-corrected chi connectivity index (χ0v) is 17.5. The minimum atomic E-state index is -3.80. The van der Waals surface area contributed by atoms with Crippen molar-refractivity contribution in [2.75, 3.05) is 4.72 Å². The standard InChI is InChI=1S/C23H24N2O3S/c1-16-11-13-20(14-12-16)25-29(27,28)21-9-6-8-19(15-21)23(26)24-18(3)22-10-5-4-7-17(22)2/h4-15,18,25H,1-3H3,(H,24,26). The minimum absolute atomic E-state index is 0.0364. The molecule has 150 valence electrons. The third kappa shape index (κ3) is 5.03. The predicted molar refractivity (Wildman–Crippen MR) is 115 cm³/mol. The van der Waals surface area contributed by atoms with E-state index in [1.165, 1.54) is 12.1 Å². The molecule has 3 aromatic carbocycles. The second-order valence-electron chi connectivity index (χ2n) is 7.05. The highest BCUT2D eigenvalue weighted by Crippen LogP contribution is 2.20. The lowest BCUT2D eigenvalue weighted by Crippen LogP contribution is -2.27. The van der Waals surface area contributed by atoms with E-state index in [4.69, 9.17) is 0 Å². The zero-order chi connectivity index (χ0) is 21.0. The molecule has 0 aliphatic carbocycles. The Balaban J connectivity index is 1.78. The maximum absolute atomic E-state index is 12.7. The molecule has 0 spiro atoms. The van der Waals surface area contributed by atoms with Crippen molar-refractivity contribution in [3.63, 3.8) is 0 Å². The molecule has 0 aliphatic rings. The fraction of sp³-hybridized carbons (Fsp3) is 0.174. The molecule has 0 saturated heterocycles. The lowest BCUT2D eigenvalue weighted by Gasteiger charge is -2.17. The summed E-state index contributed by atoms with van der Waals surface area (Å²) in [6.07, 6.45) is 0. The van der Waals surface area contributed by atoms with Gasteiger partial charge in [-0.25, -0.2) is 8.42 Å². The van der Waals surface area contributed by atoms with Gasteiger partial charge in [-0.15, -0.1) is 0 Å². The molecule has 0 aromatic heterocycles. The number of hydrogen-bond donors (Lipinski definition) is 2. The van der Waals surface area contributed by atoms with Crippen molar-refractivity contribution >= 4 is 21.6 Å². The smallest absolute Gasteiger partial charge is 0.261 e. The number of benzene rings is 3. The Morgan fingerprint density at radius 2 is 1.59 bits per heavy atom. The topological polar surface area (TPSA) is 75.3 Å². The molecule has 1 amide bonds. The number of amides is 1. The summed E-state index contributed by atoms with van der Waals surface area (Å²) in [5.74, 6) is -0.326. The number of nitrogens with one attached hydrogen (secondary N) is 2. The van der Waals surface area contributed by atoms with Gasteiger partial charge in [0.2, 0.25) is 0 Å². The average Bonchev–Trinajstić information content (AvgIpc) is 2.70. The Morgan fingerprint density at radius 1 is 0.897 bits per heavy atom. The number of anilines is 1. The molecular weight excluding hydrogens is 384 g/mol. The number of hydrogen-bond acceptors (Lipinski definition) is 3. The van der Waals surface area contributed by atoms with E-state index < -0.39 is 10.0 Å². The van der Waals surface area contributed by atoms with E-state index in [0.717, 1.165) is 16.7 Å². The van der Waals surface area contributed by atoms with Crippen LogP contribution < -0.4 is 10.0 Å². The quantitative estimate of drug-likeness (QED) is 0.626. The largest absolute Gasteiger partial charge is 0.346 e. The molecule has 6 heteroatoms. The van der Waals surface area contributed by atoms with Crippen LogP contribution >= 0.6 is 0 Å². The van der Waals surface area contributed by atoms with Crippen LogP contribution in [0.3, 0.4) is 0 Å². The van der Waals surface area contributed by atoms with Crippen LogP contribution in [0.4, 0.5) is 5.69 Å². The lowest BCUT2D eigenvalue weighted by atomic mass is 10.0. The highest BCUT2D eigenvalue weighted by Gasteiger charge is 2.18. The van der Waals surface area contributed by atoms with Crippen molar-refractivity contribution in [2.45, 2.75) is 31.7 Å². The summed E-state index contributed by atoms with van der Waals surface area (Å²) in [6, 6.07) is 20.7. The van der Waals surface area contributed by atoms with Gasteiger partial charge in [-0.3, -0.25) is 9.52 Å². The van der Waals surface area contributed by atoms with E-state index in [1.807, 2.05) is 57.2 Å². The molecule has 0 aliphatic heterocycles. The van der Waals surface area contributed by atoms with E-state index in [1.54, 1.807) is 24.3 Å². The summed E-state index contributed by atoms with van der Waals surface area (Å²) < 4.78 is 28.0. The van der Waals surface area contributed by atoms with Gasteiger partial charge in [0.1, 0.15) is 0 Å². The van der Waals surface area contributed by atoms with Gasteiger partial charge in [-0.2, -0.15) is 0 Å². The summed E-state index contributed by atoms with van der Waals surface area (Å²) in [5.41, 5.74) is 3.90. The summed E-state index contributed by atoms with van der Waals surface area (Å²) in [4.78, 5) is 12.7. The first-order valence-electron chi connectivity index (χ1n) is 9.32. The van der Waals surface area contributed by atoms with Gasteiger partial charge < -0.3 is 5.32 Å². The highest BCUT2D eigenvalue weighted by molar-refractivity contribution is 7.92. The van der Waals surface area contributed by atoms with E-state index in [9.17, 15) is 13.2 Å². The number of sulfonamides is 1. The third-order valence-corrected chi connectivity index (χ3v) is 6.09. The number of carbonyl (C=O) groups is 1. The first kappa shape index (κ1) is 20.6. The molecule has 0 fully saturated rings. The Bertz CT molecular complexity index is 1120. The number of aryl methyl sites for hydroxylation is 2. The van der Waals surface area contributed by atoms with Crippen molar-refractivity contribution in [2.24, 2.45) is 0 Å². The van der Waals surface area contributed by atoms with Crippen LogP contribution in [-0.2, 0) is 10.0 Å². The van der Waals surface area contributed by atoms with Crippen LogP contribution in [0.2, 0.25) is 0 Å². The van der Waals surface area contributed by atoms with Gasteiger partial charge in [0.05, 0.1) is 10.9 Å². The number of carbonyl (C=O) groups excluding carboxylic acids is 1. The van der Waals surface area contributed by atoms with Gasteiger partial charge >= 0.3 is 0 Å². The Morgan fingerprint density at radius 3 is 2.28 bits per heavy atom. The maximum atomic E-state index is 12.7. The normalized spacial score (nSPS) is 12.2. The van der Waals surface area contributed by atoms with Crippen LogP contribution in [0.25, 0.3) is 0 Å². The van der Waals surface area contributed by atoms with Crippen molar-refractivity contribution in [3.05, 3.63) is 95.1 Å². The van der Waals surface area contributed by atoms with Gasteiger partial charge in [0.15, 0.2) is 0 Å². The lowest BCUT2D eigenvalue weighted by molar-refractivity contribution is 0.0939. The maximum Gasteiger partial charge on any atom is 0.261 e. The molecule has 0 bridgehead atoms. The SMILES string of the molecule is Cc1ccc(NS(=O)(=O)c2cccc(C(=O)NC(C)c3ccccc3C)c2)cc1. The molecular formula is C23H24N2O3S. The summed E-state index contributed by atoms with van der Waals surface area (Å²) in [7, 11) is -3.80. The Labute approximate surface area is 171 Å². The van der Waals surface area contributed by atoms with Gasteiger partial charge in [-0.1, -0.05) is 48.0 Å². The molecule has 3 rings (SSSR count). The molecule has 0 radical (unpaired) electrons. The molecule has 2 N–H and O–H groups in total. The van der Waals surface area contributed by atoms with Crippen LogP contribution in [0.5, 0.6) is 0 Å². The average molecular weight is 409 g/mol. The molecule has 0 heterocycles. The number of rotatable bonds is 6. The Hall–Kier alpha value is -3.12. The second kappa shape index (κ2) is 8.49. The minimum Gasteiger partial charge on any atom is -0.346 e. The molecule has 5 nitrogen and oxygen atoms in total. The molecule has 1 atom stereocenters. The van der Waals surface area contributed by atoms with Crippen molar-refractivity contribution in [3.8, 4) is 0 Å².